The summed E-state index contributed by atoms with van der Waals surface area (Å²) in [5.74, 6) is 0.670. The van der Waals surface area contributed by atoms with E-state index in [-0.39, 0.29) is 5.54 Å². The number of hydrogen-bond donors (Lipinski definition) is 1. The molecule has 1 unspecified atom stereocenters. The Morgan fingerprint density at radius 3 is 2.24 bits per heavy atom. The lowest BCUT2D eigenvalue weighted by atomic mass is 9.81. The second kappa shape index (κ2) is 6.91. The van der Waals surface area contributed by atoms with Gasteiger partial charge in [0.05, 0.1) is 0 Å². The van der Waals surface area contributed by atoms with Gasteiger partial charge in [0, 0.05) is 5.54 Å². The SMILES string of the molecule is CCC(N)(Cc1ccccc1)c1cccc(CC(C)C)c1. The van der Waals surface area contributed by atoms with Gasteiger partial charge in [0.1, 0.15) is 0 Å². The van der Waals surface area contributed by atoms with Gasteiger partial charge in [-0.2, -0.15) is 0 Å². The van der Waals surface area contributed by atoms with Crippen molar-refractivity contribution in [2.45, 2.75) is 45.6 Å². The van der Waals surface area contributed by atoms with Crippen LogP contribution in [0.15, 0.2) is 54.6 Å². The monoisotopic (exact) mass is 281 g/mol. The van der Waals surface area contributed by atoms with E-state index >= 15 is 0 Å². The van der Waals surface area contributed by atoms with Crippen molar-refractivity contribution < 1.29 is 0 Å². The van der Waals surface area contributed by atoms with Crippen LogP contribution in [0.4, 0.5) is 0 Å². The van der Waals surface area contributed by atoms with Gasteiger partial charge in [0.2, 0.25) is 0 Å². The highest BCUT2D eigenvalue weighted by molar-refractivity contribution is 5.32. The molecule has 0 saturated heterocycles. The summed E-state index contributed by atoms with van der Waals surface area (Å²) in [4.78, 5) is 0. The van der Waals surface area contributed by atoms with E-state index in [2.05, 4.69) is 75.4 Å². The zero-order valence-corrected chi connectivity index (χ0v) is 13.5. The molecule has 2 rings (SSSR count). The molecule has 0 amide bonds. The fraction of sp³-hybridized carbons (Fsp3) is 0.400. The van der Waals surface area contributed by atoms with Gasteiger partial charge in [-0.15, -0.1) is 0 Å². The van der Waals surface area contributed by atoms with Gasteiger partial charge in [0.15, 0.2) is 0 Å². The first-order chi connectivity index (χ1) is 10.0. The van der Waals surface area contributed by atoms with Crippen LogP contribution in [0, 0.1) is 5.92 Å². The summed E-state index contributed by atoms with van der Waals surface area (Å²) < 4.78 is 0. The maximum atomic E-state index is 6.75. The number of hydrogen-bond acceptors (Lipinski definition) is 1. The van der Waals surface area contributed by atoms with E-state index in [1.165, 1.54) is 16.7 Å². The first kappa shape index (κ1) is 15.8. The minimum absolute atomic E-state index is 0.283. The van der Waals surface area contributed by atoms with E-state index in [1.807, 2.05) is 0 Å². The van der Waals surface area contributed by atoms with Crippen molar-refractivity contribution in [1.82, 2.24) is 0 Å². The Bertz CT molecular complexity index is 559. The molecule has 2 aromatic rings. The second-order valence-corrected chi connectivity index (χ2v) is 6.47. The molecule has 0 bridgehead atoms. The van der Waals surface area contributed by atoms with Gasteiger partial charge in [-0.25, -0.2) is 0 Å². The molecule has 1 nitrogen and oxygen atoms in total. The molecule has 0 aliphatic rings. The lowest BCUT2D eigenvalue weighted by molar-refractivity contribution is 0.424. The van der Waals surface area contributed by atoms with Crippen molar-refractivity contribution >= 4 is 0 Å². The average Bonchev–Trinajstić information content (AvgIpc) is 2.48. The first-order valence-corrected chi connectivity index (χ1v) is 7.95. The van der Waals surface area contributed by atoms with E-state index in [4.69, 9.17) is 5.73 Å². The summed E-state index contributed by atoms with van der Waals surface area (Å²) in [7, 11) is 0. The van der Waals surface area contributed by atoms with E-state index in [9.17, 15) is 0 Å². The standard InChI is InChI=1S/C20H27N/c1-4-20(21,15-17-9-6-5-7-10-17)19-12-8-11-18(14-19)13-16(2)3/h5-12,14,16H,4,13,15,21H2,1-3H3. The topological polar surface area (TPSA) is 26.0 Å². The van der Waals surface area contributed by atoms with E-state index in [0.717, 1.165) is 19.3 Å². The smallest absolute Gasteiger partial charge is 0.0447 e. The Hall–Kier alpha value is -1.60. The first-order valence-electron chi connectivity index (χ1n) is 7.95. The van der Waals surface area contributed by atoms with Gasteiger partial charge >= 0.3 is 0 Å². The third kappa shape index (κ3) is 4.18. The fourth-order valence-corrected chi connectivity index (χ4v) is 2.87. The predicted octanol–water partition coefficient (Wildman–Crippen LogP) is 4.69. The van der Waals surface area contributed by atoms with E-state index in [1.54, 1.807) is 0 Å². The predicted molar refractivity (Wildman–Crippen MR) is 91.3 cm³/mol. The molecule has 0 fully saturated rings. The highest BCUT2D eigenvalue weighted by Crippen LogP contribution is 2.28. The lowest BCUT2D eigenvalue weighted by Crippen LogP contribution is -2.38. The normalized spacial score (nSPS) is 14.1. The van der Waals surface area contributed by atoms with Gasteiger partial charge in [-0.05, 0) is 41.9 Å². The van der Waals surface area contributed by atoms with Crippen molar-refractivity contribution in [3.63, 3.8) is 0 Å². The largest absolute Gasteiger partial charge is 0.321 e. The van der Waals surface area contributed by atoms with Crippen LogP contribution in [0.3, 0.4) is 0 Å². The summed E-state index contributed by atoms with van der Waals surface area (Å²) >= 11 is 0. The maximum Gasteiger partial charge on any atom is 0.0447 e. The summed E-state index contributed by atoms with van der Waals surface area (Å²) in [6.45, 7) is 6.69. The number of benzene rings is 2. The second-order valence-electron chi connectivity index (χ2n) is 6.47. The van der Waals surface area contributed by atoms with Crippen LogP contribution in [0.2, 0.25) is 0 Å². The van der Waals surface area contributed by atoms with Crippen LogP contribution in [-0.4, -0.2) is 0 Å². The Kier molecular flexibility index (Phi) is 5.19. The molecular formula is C20H27N. The Labute approximate surface area is 129 Å². The fourth-order valence-electron chi connectivity index (χ4n) is 2.87. The van der Waals surface area contributed by atoms with Gasteiger partial charge < -0.3 is 5.73 Å². The minimum Gasteiger partial charge on any atom is -0.321 e. The molecule has 0 aromatic heterocycles. The molecular weight excluding hydrogens is 254 g/mol. The van der Waals surface area contributed by atoms with Crippen molar-refractivity contribution in [3.05, 3.63) is 71.3 Å². The molecule has 0 heterocycles. The lowest BCUT2D eigenvalue weighted by Gasteiger charge is -2.29. The quantitative estimate of drug-likeness (QED) is 0.816. The van der Waals surface area contributed by atoms with Crippen LogP contribution in [-0.2, 0) is 18.4 Å². The molecule has 0 spiro atoms. The van der Waals surface area contributed by atoms with Gasteiger partial charge in [0.25, 0.3) is 0 Å². The zero-order valence-electron chi connectivity index (χ0n) is 13.5. The number of nitrogens with two attached hydrogens (primary N) is 1. The van der Waals surface area contributed by atoms with E-state index in [0.29, 0.717) is 5.92 Å². The molecule has 112 valence electrons. The Morgan fingerprint density at radius 2 is 1.62 bits per heavy atom. The molecule has 1 heteroatoms. The van der Waals surface area contributed by atoms with Gasteiger partial charge in [-0.1, -0.05) is 75.4 Å². The van der Waals surface area contributed by atoms with Crippen molar-refractivity contribution in [2.24, 2.45) is 11.7 Å². The summed E-state index contributed by atoms with van der Waals surface area (Å²) in [6, 6.07) is 19.4. The highest BCUT2D eigenvalue weighted by Gasteiger charge is 2.25. The highest BCUT2D eigenvalue weighted by atomic mass is 14.7. The molecule has 2 N–H and O–H groups in total. The molecule has 0 radical (unpaired) electrons. The summed E-state index contributed by atoms with van der Waals surface area (Å²) in [6.07, 6.45) is 2.93. The van der Waals surface area contributed by atoms with Crippen LogP contribution < -0.4 is 5.73 Å². The van der Waals surface area contributed by atoms with Crippen LogP contribution in [0.1, 0.15) is 43.9 Å². The van der Waals surface area contributed by atoms with Crippen LogP contribution >= 0.6 is 0 Å². The molecule has 0 aliphatic heterocycles. The molecule has 21 heavy (non-hydrogen) atoms. The van der Waals surface area contributed by atoms with Gasteiger partial charge in [-0.3, -0.25) is 0 Å². The molecule has 1 atom stereocenters. The Balaban J connectivity index is 2.27. The average molecular weight is 281 g/mol. The molecule has 0 aliphatic carbocycles. The molecule has 2 aromatic carbocycles. The van der Waals surface area contributed by atoms with Crippen LogP contribution in [0.5, 0.6) is 0 Å². The summed E-state index contributed by atoms with van der Waals surface area (Å²) in [5.41, 5.74) is 10.4. The third-order valence-corrected chi connectivity index (χ3v) is 4.14. The van der Waals surface area contributed by atoms with Crippen molar-refractivity contribution in [1.29, 1.82) is 0 Å². The summed E-state index contributed by atoms with van der Waals surface area (Å²) in [5, 5.41) is 0. The van der Waals surface area contributed by atoms with E-state index < -0.39 is 0 Å². The zero-order chi connectivity index (χ0) is 15.3. The molecule has 0 saturated carbocycles. The third-order valence-electron chi connectivity index (χ3n) is 4.14. The Morgan fingerprint density at radius 1 is 0.952 bits per heavy atom. The number of rotatable bonds is 6. The maximum absolute atomic E-state index is 6.75. The van der Waals surface area contributed by atoms with Crippen LogP contribution in [0.25, 0.3) is 0 Å². The van der Waals surface area contributed by atoms with Crippen molar-refractivity contribution in [3.8, 4) is 0 Å². The van der Waals surface area contributed by atoms with Crippen molar-refractivity contribution in [2.75, 3.05) is 0 Å². The minimum atomic E-state index is -0.283.